The lowest BCUT2D eigenvalue weighted by Gasteiger charge is -2.30. The minimum Gasteiger partial charge on any atom is -0.356 e. The number of hydrogen-bond acceptors (Lipinski definition) is 7. The summed E-state index contributed by atoms with van der Waals surface area (Å²) < 4.78 is 0. The van der Waals surface area contributed by atoms with Gasteiger partial charge in [-0.3, -0.25) is 28.9 Å². The SMILES string of the molecule is O=C(CCCCCNC(=O)C1CCC(CN2C(=O)C=CC2=O)CC1)ON1C(=O)C=CC1=O. The second-order valence-electron chi connectivity index (χ2n) is 8.21. The number of rotatable bonds is 10. The molecule has 5 amide bonds. The third-order valence-corrected chi connectivity index (χ3v) is 5.88. The zero-order valence-corrected chi connectivity index (χ0v) is 17.8. The third-order valence-electron chi connectivity index (χ3n) is 5.88. The van der Waals surface area contributed by atoms with Gasteiger partial charge in [-0.2, -0.15) is 0 Å². The lowest BCUT2D eigenvalue weighted by Crippen LogP contribution is -2.38. The molecule has 0 radical (unpaired) electrons. The minimum atomic E-state index is -0.671. The number of nitrogens with zero attached hydrogens (tertiary/aromatic N) is 2. The number of unbranched alkanes of at least 4 members (excludes halogenated alkanes) is 2. The van der Waals surface area contributed by atoms with Crippen molar-refractivity contribution < 1.29 is 33.6 Å². The van der Waals surface area contributed by atoms with Gasteiger partial charge in [0.25, 0.3) is 23.6 Å². The largest absolute Gasteiger partial charge is 0.356 e. The highest BCUT2D eigenvalue weighted by Crippen LogP contribution is 2.30. The van der Waals surface area contributed by atoms with Crippen LogP contribution in [0, 0.1) is 11.8 Å². The summed E-state index contributed by atoms with van der Waals surface area (Å²) in [5.41, 5.74) is 0. The van der Waals surface area contributed by atoms with Gasteiger partial charge in [-0.15, -0.1) is 0 Å². The van der Waals surface area contributed by atoms with Crippen molar-refractivity contribution in [3.05, 3.63) is 24.3 Å². The quantitative estimate of drug-likeness (QED) is 0.388. The van der Waals surface area contributed by atoms with Crippen LogP contribution >= 0.6 is 0 Å². The Hall–Kier alpha value is -3.30. The molecule has 32 heavy (non-hydrogen) atoms. The molecule has 3 aliphatic rings. The van der Waals surface area contributed by atoms with Crippen molar-refractivity contribution in [2.24, 2.45) is 11.8 Å². The number of hydroxylamine groups is 2. The van der Waals surface area contributed by atoms with E-state index in [0.29, 0.717) is 37.4 Å². The average molecular weight is 445 g/mol. The molecule has 2 heterocycles. The van der Waals surface area contributed by atoms with E-state index in [4.69, 9.17) is 4.84 Å². The molecule has 1 saturated carbocycles. The maximum absolute atomic E-state index is 12.4. The molecule has 0 saturated heterocycles. The summed E-state index contributed by atoms with van der Waals surface area (Å²) in [4.78, 5) is 76.0. The summed E-state index contributed by atoms with van der Waals surface area (Å²) >= 11 is 0. The normalized spacial score (nSPS) is 22.8. The van der Waals surface area contributed by atoms with E-state index >= 15 is 0 Å². The van der Waals surface area contributed by atoms with Gasteiger partial charge in [0.1, 0.15) is 0 Å². The van der Waals surface area contributed by atoms with Crippen molar-refractivity contribution in [2.45, 2.75) is 51.4 Å². The summed E-state index contributed by atoms with van der Waals surface area (Å²) in [5, 5.41) is 3.36. The number of amides is 5. The first-order valence-electron chi connectivity index (χ1n) is 10.9. The maximum atomic E-state index is 12.4. The molecular formula is C22H27N3O7. The Morgan fingerprint density at radius 3 is 2.06 bits per heavy atom. The molecule has 0 aromatic rings. The highest BCUT2D eigenvalue weighted by atomic mass is 16.7. The molecule has 0 aromatic heterocycles. The smallest absolute Gasteiger partial charge is 0.333 e. The predicted octanol–water partition coefficient (Wildman–Crippen LogP) is 0.778. The van der Waals surface area contributed by atoms with Gasteiger partial charge in [0.2, 0.25) is 5.91 Å². The summed E-state index contributed by atoms with van der Waals surface area (Å²) in [6, 6.07) is 0. The van der Waals surface area contributed by atoms with Gasteiger partial charge in [0.15, 0.2) is 0 Å². The van der Waals surface area contributed by atoms with E-state index < -0.39 is 17.8 Å². The van der Waals surface area contributed by atoms with Gasteiger partial charge in [0, 0.05) is 49.7 Å². The molecule has 0 aromatic carbocycles. The predicted molar refractivity (Wildman–Crippen MR) is 110 cm³/mol. The molecule has 0 unspecified atom stereocenters. The molecule has 0 spiro atoms. The van der Waals surface area contributed by atoms with Crippen molar-refractivity contribution in [1.82, 2.24) is 15.3 Å². The standard InChI is InChI=1S/C22H27N3O7/c26-17-9-10-18(27)24(17)14-15-5-7-16(8-6-15)22(31)23-13-3-1-2-4-21(30)32-25-19(28)11-12-20(25)29/h9-12,15-16H,1-8,13-14H2,(H,23,31). The van der Waals surface area contributed by atoms with Gasteiger partial charge in [-0.1, -0.05) is 11.5 Å². The first-order valence-corrected chi connectivity index (χ1v) is 10.9. The fourth-order valence-corrected chi connectivity index (χ4v) is 4.03. The van der Waals surface area contributed by atoms with Crippen LogP contribution in [0.25, 0.3) is 0 Å². The van der Waals surface area contributed by atoms with Gasteiger partial charge in [0.05, 0.1) is 0 Å². The molecule has 0 bridgehead atoms. The maximum Gasteiger partial charge on any atom is 0.333 e. The van der Waals surface area contributed by atoms with Crippen molar-refractivity contribution in [3.8, 4) is 0 Å². The van der Waals surface area contributed by atoms with Crippen LogP contribution < -0.4 is 5.32 Å². The molecule has 172 valence electrons. The van der Waals surface area contributed by atoms with Crippen molar-refractivity contribution in [2.75, 3.05) is 13.1 Å². The number of carbonyl (C=O) groups is 6. The number of hydrogen-bond donors (Lipinski definition) is 1. The van der Waals surface area contributed by atoms with Crippen LogP contribution in [0.15, 0.2) is 24.3 Å². The highest BCUT2D eigenvalue weighted by Gasteiger charge is 2.31. The second kappa shape index (κ2) is 10.8. The van der Waals surface area contributed by atoms with Crippen LogP contribution in [-0.2, 0) is 33.6 Å². The van der Waals surface area contributed by atoms with Gasteiger partial charge < -0.3 is 10.2 Å². The topological polar surface area (TPSA) is 130 Å². The van der Waals surface area contributed by atoms with Crippen LogP contribution in [0.4, 0.5) is 0 Å². The molecule has 0 atom stereocenters. The molecule has 10 heteroatoms. The molecule has 1 aliphatic carbocycles. The fraction of sp³-hybridized carbons (Fsp3) is 0.545. The first-order chi connectivity index (χ1) is 15.3. The van der Waals surface area contributed by atoms with Gasteiger partial charge in [-0.25, -0.2) is 4.79 Å². The van der Waals surface area contributed by atoms with Crippen LogP contribution in [0.1, 0.15) is 51.4 Å². The molecule has 10 nitrogen and oxygen atoms in total. The van der Waals surface area contributed by atoms with Gasteiger partial charge >= 0.3 is 5.97 Å². The first kappa shape index (κ1) is 23.4. The molecule has 1 N–H and O–H groups in total. The Morgan fingerprint density at radius 1 is 0.844 bits per heavy atom. The Bertz CT molecular complexity index is 820. The van der Waals surface area contributed by atoms with E-state index in [9.17, 15) is 28.8 Å². The number of carbonyl (C=O) groups excluding carboxylic acids is 6. The molecular weight excluding hydrogens is 418 g/mol. The summed E-state index contributed by atoms with van der Waals surface area (Å²) in [6.45, 7) is 0.918. The molecule has 3 rings (SSSR count). The lowest BCUT2D eigenvalue weighted by molar-refractivity contribution is -0.196. The van der Waals surface area contributed by atoms with E-state index in [0.717, 1.165) is 37.8 Å². The summed E-state index contributed by atoms with van der Waals surface area (Å²) in [7, 11) is 0. The summed E-state index contributed by atoms with van der Waals surface area (Å²) in [5.74, 6) is -2.34. The van der Waals surface area contributed by atoms with Crippen LogP contribution in [-0.4, -0.2) is 58.6 Å². The van der Waals surface area contributed by atoms with E-state index in [2.05, 4.69) is 5.32 Å². The number of imide groups is 2. The minimum absolute atomic E-state index is 0.0106. The van der Waals surface area contributed by atoms with Crippen LogP contribution in [0.3, 0.4) is 0 Å². The summed E-state index contributed by atoms with van der Waals surface area (Å²) in [6.07, 6.45) is 9.70. The lowest BCUT2D eigenvalue weighted by atomic mass is 9.81. The van der Waals surface area contributed by atoms with Crippen molar-refractivity contribution >= 4 is 35.5 Å². The monoisotopic (exact) mass is 445 g/mol. The average Bonchev–Trinajstić information content (AvgIpc) is 3.26. The van der Waals surface area contributed by atoms with E-state index in [-0.39, 0.29) is 36.0 Å². The third kappa shape index (κ3) is 6.12. The second-order valence-corrected chi connectivity index (χ2v) is 8.21. The molecule has 2 aliphatic heterocycles. The van der Waals surface area contributed by atoms with E-state index in [1.54, 1.807) is 0 Å². The number of nitrogens with one attached hydrogen (secondary N) is 1. The van der Waals surface area contributed by atoms with E-state index in [1.165, 1.54) is 17.1 Å². The molecule has 1 fully saturated rings. The Kier molecular flexibility index (Phi) is 7.91. The zero-order valence-electron chi connectivity index (χ0n) is 17.8. The van der Waals surface area contributed by atoms with Crippen LogP contribution in [0.2, 0.25) is 0 Å². The van der Waals surface area contributed by atoms with Crippen LogP contribution in [0.5, 0.6) is 0 Å². The van der Waals surface area contributed by atoms with E-state index in [1.807, 2.05) is 0 Å². The highest BCUT2D eigenvalue weighted by molar-refractivity contribution is 6.13. The fourth-order valence-electron chi connectivity index (χ4n) is 4.03. The van der Waals surface area contributed by atoms with Crippen molar-refractivity contribution in [3.63, 3.8) is 0 Å². The Morgan fingerprint density at radius 2 is 1.44 bits per heavy atom. The Labute approximate surface area is 185 Å². The Balaban J connectivity index is 1.22. The zero-order chi connectivity index (χ0) is 23.1. The van der Waals surface area contributed by atoms with Gasteiger partial charge in [-0.05, 0) is 44.4 Å². The van der Waals surface area contributed by atoms with Crippen molar-refractivity contribution in [1.29, 1.82) is 0 Å².